The van der Waals surface area contributed by atoms with E-state index in [-0.39, 0.29) is 12.3 Å². The van der Waals surface area contributed by atoms with Gasteiger partial charge in [-0.05, 0) is 13.0 Å². The van der Waals surface area contributed by atoms with Crippen LogP contribution in [0.2, 0.25) is 0 Å². The molecule has 0 fully saturated rings. The highest BCUT2D eigenvalue weighted by Crippen LogP contribution is 2.30. The number of nitrogens with zero attached hydrogens (tertiary/aromatic N) is 5. The summed E-state index contributed by atoms with van der Waals surface area (Å²) in [7, 11) is 0. The Bertz CT molecular complexity index is 849. The summed E-state index contributed by atoms with van der Waals surface area (Å²) in [6.45, 7) is 1.79. The van der Waals surface area contributed by atoms with Gasteiger partial charge in [-0.15, -0.1) is 10.2 Å². The molecule has 0 saturated heterocycles. The molecule has 0 amide bonds. The fraction of sp³-hybridized carbons (Fsp3) is 0.154. The Kier molecular flexibility index (Phi) is 2.11. The lowest BCUT2D eigenvalue weighted by molar-refractivity contribution is 0.0925. The highest BCUT2D eigenvalue weighted by molar-refractivity contribution is 6.05. The van der Waals surface area contributed by atoms with Gasteiger partial charge >= 0.3 is 0 Å². The third-order valence-electron chi connectivity index (χ3n) is 3.27. The average molecular weight is 266 g/mol. The van der Waals surface area contributed by atoms with Crippen molar-refractivity contribution in [2.24, 2.45) is 5.10 Å². The highest BCUT2D eigenvalue weighted by Gasteiger charge is 2.25. The topological polar surface area (TPSA) is 85.1 Å². The summed E-state index contributed by atoms with van der Waals surface area (Å²) in [5.74, 6) is 0.690. The molecule has 1 aromatic rings. The summed E-state index contributed by atoms with van der Waals surface area (Å²) in [4.78, 5) is 16.8. The Labute approximate surface area is 113 Å². The zero-order valence-electron chi connectivity index (χ0n) is 10.7. The van der Waals surface area contributed by atoms with Crippen molar-refractivity contribution in [2.45, 2.75) is 13.3 Å². The molecule has 0 aliphatic carbocycles. The van der Waals surface area contributed by atoms with Crippen LogP contribution in [0.15, 0.2) is 29.4 Å². The van der Waals surface area contributed by atoms with Gasteiger partial charge in [-0.3, -0.25) is 4.79 Å². The van der Waals surface area contributed by atoms with Crippen molar-refractivity contribution in [3.05, 3.63) is 24.3 Å². The molecular formula is C13H10N6O. The van der Waals surface area contributed by atoms with Gasteiger partial charge in [-0.2, -0.15) is 5.10 Å². The van der Waals surface area contributed by atoms with Crippen LogP contribution >= 0.6 is 0 Å². The molecule has 98 valence electrons. The quantitative estimate of drug-likeness (QED) is 0.670. The first-order valence-corrected chi connectivity index (χ1v) is 6.20. The molecule has 0 atom stereocenters. The number of para-hydroxylation sites is 1. The molecule has 3 aliphatic heterocycles. The van der Waals surface area contributed by atoms with E-state index in [0.29, 0.717) is 23.2 Å². The number of hydrazone groups is 1. The van der Waals surface area contributed by atoms with Crippen LogP contribution in [-0.2, 0) is 0 Å². The third kappa shape index (κ3) is 1.43. The molecule has 3 aliphatic rings. The van der Waals surface area contributed by atoms with Crippen molar-refractivity contribution < 1.29 is 4.79 Å². The maximum absolute atomic E-state index is 12.3. The fourth-order valence-electron chi connectivity index (χ4n) is 2.35. The Hall–Kier alpha value is -2.83. The average Bonchev–Trinajstić information content (AvgIpc) is 2.75. The van der Waals surface area contributed by atoms with E-state index < -0.39 is 0 Å². The second-order valence-corrected chi connectivity index (χ2v) is 4.69. The van der Waals surface area contributed by atoms with Crippen molar-refractivity contribution >= 4 is 28.5 Å². The van der Waals surface area contributed by atoms with Crippen LogP contribution in [0.25, 0.3) is 22.4 Å². The lowest BCUT2D eigenvalue weighted by Crippen LogP contribution is -2.18. The van der Waals surface area contributed by atoms with Gasteiger partial charge in [0.1, 0.15) is 5.69 Å². The Balaban J connectivity index is 2.06. The van der Waals surface area contributed by atoms with Crippen molar-refractivity contribution in [1.29, 1.82) is 0 Å². The van der Waals surface area contributed by atoms with Crippen LogP contribution in [0.5, 0.6) is 0 Å². The number of carbonyl (C=O) groups excluding carboxylic acids is 1. The van der Waals surface area contributed by atoms with Gasteiger partial charge in [0.2, 0.25) is 5.91 Å². The molecule has 0 bridgehead atoms. The SMILES string of the molecule is CC1=NNc2nnc3c4ccccc4nc-3n2C(=O)C1. The van der Waals surface area contributed by atoms with E-state index in [1.54, 1.807) is 6.92 Å². The second-order valence-electron chi connectivity index (χ2n) is 4.69. The molecule has 7 nitrogen and oxygen atoms in total. The lowest BCUT2D eigenvalue weighted by Gasteiger charge is -2.10. The number of aromatic nitrogens is 4. The van der Waals surface area contributed by atoms with Crippen LogP contribution in [0.1, 0.15) is 18.1 Å². The molecule has 20 heavy (non-hydrogen) atoms. The van der Waals surface area contributed by atoms with E-state index in [1.807, 2.05) is 24.3 Å². The normalized spacial score (nSPS) is 14.8. The zero-order valence-corrected chi connectivity index (χ0v) is 10.7. The molecule has 0 aromatic heterocycles. The second kappa shape index (κ2) is 3.83. The first-order chi connectivity index (χ1) is 9.74. The van der Waals surface area contributed by atoms with Crippen LogP contribution in [0, 0.1) is 0 Å². The monoisotopic (exact) mass is 266 g/mol. The predicted octanol–water partition coefficient (Wildman–Crippen LogP) is 1.76. The van der Waals surface area contributed by atoms with Crippen molar-refractivity contribution in [2.75, 3.05) is 5.43 Å². The predicted molar refractivity (Wildman–Crippen MR) is 73.9 cm³/mol. The fourth-order valence-corrected chi connectivity index (χ4v) is 2.35. The van der Waals surface area contributed by atoms with Gasteiger partial charge in [0.25, 0.3) is 5.95 Å². The van der Waals surface area contributed by atoms with Gasteiger partial charge < -0.3 is 0 Å². The summed E-state index contributed by atoms with van der Waals surface area (Å²) in [6, 6.07) is 7.62. The molecule has 4 rings (SSSR count). The number of fused-ring (bicyclic) bond motifs is 5. The third-order valence-corrected chi connectivity index (χ3v) is 3.27. The highest BCUT2D eigenvalue weighted by atomic mass is 16.2. The van der Waals surface area contributed by atoms with Gasteiger partial charge in [-0.25, -0.2) is 15.0 Å². The van der Waals surface area contributed by atoms with Gasteiger partial charge in [0.15, 0.2) is 5.82 Å². The molecule has 7 heteroatoms. The van der Waals surface area contributed by atoms with Crippen LogP contribution in [-0.4, -0.2) is 31.4 Å². The summed E-state index contributed by atoms with van der Waals surface area (Å²) in [6.07, 6.45) is 0.231. The minimum Gasteiger partial charge on any atom is -0.274 e. The van der Waals surface area contributed by atoms with Crippen LogP contribution < -0.4 is 5.43 Å². The van der Waals surface area contributed by atoms with E-state index in [4.69, 9.17) is 0 Å². The molecule has 1 N–H and O–H groups in total. The van der Waals surface area contributed by atoms with Crippen molar-refractivity contribution in [3.63, 3.8) is 0 Å². The summed E-state index contributed by atoms with van der Waals surface area (Å²) >= 11 is 0. The lowest BCUT2D eigenvalue weighted by atomic mass is 10.2. The Morgan fingerprint density at radius 1 is 1.25 bits per heavy atom. The number of carbonyl (C=O) groups is 1. The summed E-state index contributed by atoms with van der Waals surface area (Å²) in [5, 5.41) is 13.2. The minimum absolute atomic E-state index is 0.117. The number of nitrogens with one attached hydrogen (secondary N) is 1. The summed E-state index contributed by atoms with van der Waals surface area (Å²) in [5.41, 5.74) is 4.88. The largest absolute Gasteiger partial charge is 0.274 e. The molecule has 3 heterocycles. The molecule has 0 spiro atoms. The maximum Gasteiger partial charge on any atom is 0.252 e. The first-order valence-electron chi connectivity index (χ1n) is 6.20. The van der Waals surface area contributed by atoms with Crippen molar-refractivity contribution in [3.8, 4) is 11.5 Å². The van der Waals surface area contributed by atoms with Gasteiger partial charge in [0.05, 0.1) is 11.9 Å². The number of rotatable bonds is 0. The summed E-state index contributed by atoms with van der Waals surface area (Å²) < 4.78 is 1.45. The van der Waals surface area contributed by atoms with Crippen LogP contribution in [0.4, 0.5) is 5.95 Å². The Morgan fingerprint density at radius 3 is 3.00 bits per heavy atom. The number of anilines is 1. The number of hydrogen-bond acceptors (Lipinski definition) is 6. The van der Waals surface area contributed by atoms with E-state index >= 15 is 0 Å². The Morgan fingerprint density at radius 2 is 2.10 bits per heavy atom. The minimum atomic E-state index is -0.117. The first kappa shape index (κ1) is 11.0. The smallest absolute Gasteiger partial charge is 0.252 e. The molecular weight excluding hydrogens is 256 g/mol. The van der Waals surface area contributed by atoms with E-state index in [9.17, 15) is 4.79 Å². The number of hydrogen-bond donors (Lipinski definition) is 1. The van der Waals surface area contributed by atoms with Gasteiger partial charge in [0, 0.05) is 11.1 Å². The number of benzene rings is 1. The van der Waals surface area contributed by atoms with E-state index in [2.05, 4.69) is 25.7 Å². The maximum atomic E-state index is 12.3. The van der Waals surface area contributed by atoms with E-state index in [1.165, 1.54) is 4.57 Å². The molecule has 0 radical (unpaired) electrons. The molecule has 1 aromatic carbocycles. The zero-order chi connectivity index (χ0) is 13.7. The molecule has 0 unspecified atom stereocenters. The van der Waals surface area contributed by atoms with Crippen LogP contribution in [0.3, 0.4) is 0 Å². The van der Waals surface area contributed by atoms with E-state index in [0.717, 1.165) is 10.9 Å². The van der Waals surface area contributed by atoms with Crippen molar-refractivity contribution in [1.82, 2.24) is 19.7 Å². The molecule has 0 saturated carbocycles. The van der Waals surface area contributed by atoms with Gasteiger partial charge in [-0.1, -0.05) is 18.2 Å². The standard InChI is InChI=1S/C13H10N6O/c1-7-6-10(20)19-12-11(16-18-13(19)17-15-7)8-4-2-3-5-9(8)14-12/h2-5H,6H2,1H3,(H,17,18).